The Hall–Kier alpha value is -3.23. The summed E-state index contributed by atoms with van der Waals surface area (Å²) in [6.07, 6.45) is 2.68. The molecule has 8 nitrogen and oxygen atoms in total. The van der Waals surface area contributed by atoms with E-state index in [9.17, 15) is 9.59 Å². The molecule has 1 saturated heterocycles. The van der Waals surface area contributed by atoms with E-state index < -0.39 is 0 Å². The Bertz CT molecular complexity index is 1030. The van der Waals surface area contributed by atoms with Crippen LogP contribution in [0, 0.1) is 0 Å². The number of amides is 1. The molecule has 34 heavy (non-hydrogen) atoms. The zero-order valence-corrected chi connectivity index (χ0v) is 20.0. The van der Waals surface area contributed by atoms with Crippen molar-refractivity contribution >= 4 is 23.8 Å². The van der Waals surface area contributed by atoms with Crippen molar-refractivity contribution in [2.45, 2.75) is 19.9 Å². The maximum Gasteiger partial charge on any atom is 0.320 e. The standard InChI is InChI=1S/C26H33N5O3/c1-3-34-25(32)19-30-11-10-22-16-24(9-8-23(22)18-30)28-26(33)21-6-4-20(5-7-21)17-27-31-14-12-29(2)13-15-31/h4-9,16-17H,3,10-15,18-19H2,1-2H3,(H,28,33). The Kier molecular flexibility index (Phi) is 7.92. The number of esters is 1. The second-order valence-corrected chi connectivity index (χ2v) is 8.83. The fourth-order valence-electron chi connectivity index (χ4n) is 4.20. The van der Waals surface area contributed by atoms with Crippen molar-refractivity contribution in [3.63, 3.8) is 0 Å². The third-order valence-electron chi connectivity index (χ3n) is 6.24. The van der Waals surface area contributed by atoms with Crippen molar-refractivity contribution in [1.29, 1.82) is 0 Å². The van der Waals surface area contributed by atoms with Crippen LogP contribution in [0.15, 0.2) is 47.6 Å². The lowest BCUT2D eigenvalue weighted by molar-refractivity contribution is -0.144. The number of carbonyl (C=O) groups excluding carboxylic acids is 2. The van der Waals surface area contributed by atoms with E-state index in [0.29, 0.717) is 25.3 Å². The second kappa shape index (κ2) is 11.3. The van der Waals surface area contributed by atoms with Crippen LogP contribution < -0.4 is 5.32 Å². The summed E-state index contributed by atoms with van der Waals surface area (Å²) in [5.41, 5.74) is 4.74. The lowest BCUT2D eigenvalue weighted by Crippen LogP contribution is -2.41. The Morgan fingerprint density at radius 3 is 2.53 bits per heavy atom. The van der Waals surface area contributed by atoms with E-state index in [1.54, 1.807) is 0 Å². The fraction of sp³-hybridized carbons (Fsp3) is 0.423. The van der Waals surface area contributed by atoms with Crippen LogP contribution in [0.3, 0.4) is 0 Å². The average Bonchev–Trinajstić information content (AvgIpc) is 2.84. The summed E-state index contributed by atoms with van der Waals surface area (Å²) in [5.74, 6) is -0.325. The molecule has 1 N–H and O–H groups in total. The molecule has 2 aromatic rings. The average molecular weight is 464 g/mol. The predicted octanol–water partition coefficient (Wildman–Crippen LogP) is 2.44. The molecule has 2 aliphatic rings. The van der Waals surface area contributed by atoms with Crippen molar-refractivity contribution in [3.05, 3.63) is 64.7 Å². The van der Waals surface area contributed by atoms with E-state index in [0.717, 1.165) is 50.4 Å². The van der Waals surface area contributed by atoms with Gasteiger partial charge in [0.05, 0.1) is 19.4 Å². The summed E-state index contributed by atoms with van der Waals surface area (Å²) in [6.45, 7) is 7.92. The van der Waals surface area contributed by atoms with Gasteiger partial charge in [-0.1, -0.05) is 18.2 Å². The second-order valence-electron chi connectivity index (χ2n) is 8.83. The first-order valence-electron chi connectivity index (χ1n) is 11.9. The van der Waals surface area contributed by atoms with Crippen molar-refractivity contribution in [1.82, 2.24) is 14.8 Å². The minimum Gasteiger partial charge on any atom is -0.465 e. The first-order valence-corrected chi connectivity index (χ1v) is 11.9. The van der Waals surface area contributed by atoms with E-state index in [2.05, 4.69) is 32.3 Å². The number of ether oxygens (including phenoxy) is 1. The third-order valence-corrected chi connectivity index (χ3v) is 6.24. The minimum absolute atomic E-state index is 0.137. The van der Waals surface area contributed by atoms with Crippen molar-refractivity contribution in [3.8, 4) is 0 Å². The van der Waals surface area contributed by atoms with Crippen LogP contribution >= 0.6 is 0 Å². The van der Waals surface area contributed by atoms with Crippen LogP contribution in [0.5, 0.6) is 0 Å². The summed E-state index contributed by atoms with van der Waals surface area (Å²) >= 11 is 0. The Balaban J connectivity index is 1.31. The summed E-state index contributed by atoms with van der Waals surface area (Å²) in [5, 5.41) is 9.63. The molecule has 0 spiro atoms. The largest absolute Gasteiger partial charge is 0.465 e. The van der Waals surface area contributed by atoms with Gasteiger partial charge in [-0.3, -0.25) is 19.5 Å². The molecule has 1 amide bonds. The molecular formula is C26H33N5O3. The van der Waals surface area contributed by atoms with Crippen LogP contribution in [0.25, 0.3) is 0 Å². The van der Waals surface area contributed by atoms with Crippen molar-refractivity contribution in [2.24, 2.45) is 5.10 Å². The summed E-state index contributed by atoms with van der Waals surface area (Å²) in [7, 11) is 2.12. The maximum absolute atomic E-state index is 12.7. The molecule has 0 bridgehead atoms. The van der Waals surface area contributed by atoms with Crippen molar-refractivity contribution < 1.29 is 14.3 Å². The smallest absolute Gasteiger partial charge is 0.320 e. The Morgan fingerprint density at radius 1 is 1.03 bits per heavy atom. The van der Waals surface area contributed by atoms with Crippen molar-refractivity contribution in [2.75, 3.05) is 58.2 Å². The predicted molar refractivity (Wildman–Crippen MR) is 133 cm³/mol. The molecule has 0 aromatic heterocycles. The first kappa shape index (κ1) is 23.9. The molecule has 2 aliphatic heterocycles. The number of benzene rings is 2. The van der Waals surface area contributed by atoms with Gasteiger partial charge in [0.1, 0.15) is 0 Å². The van der Waals surface area contributed by atoms with E-state index >= 15 is 0 Å². The number of nitrogens with zero attached hydrogens (tertiary/aromatic N) is 4. The summed E-state index contributed by atoms with van der Waals surface area (Å²) in [6, 6.07) is 13.5. The number of fused-ring (bicyclic) bond motifs is 1. The van der Waals surface area contributed by atoms with Gasteiger partial charge in [0, 0.05) is 50.5 Å². The normalized spacial score (nSPS) is 16.9. The number of rotatable bonds is 7. The SMILES string of the molecule is CCOC(=O)CN1CCc2cc(NC(=O)c3ccc(C=NN4CCN(C)CC4)cc3)ccc2C1. The quantitative estimate of drug-likeness (QED) is 0.502. The highest BCUT2D eigenvalue weighted by Gasteiger charge is 2.19. The molecule has 0 atom stereocenters. The monoisotopic (exact) mass is 463 g/mol. The minimum atomic E-state index is -0.188. The molecule has 0 unspecified atom stereocenters. The highest BCUT2D eigenvalue weighted by Crippen LogP contribution is 2.23. The first-order chi connectivity index (χ1) is 16.5. The zero-order chi connectivity index (χ0) is 23.9. The number of piperazine rings is 1. The van der Waals surface area contributed by atoms with Gasteiger partial charge < -0.3 is 15.0 Å². The molecule has 8 heteroatoms. The molecule has 2 heterocycles. The number of anilines is 1. The number of hydrazone groups is 1. The number of hydrogen-bond donors (Lipinski definition) is 1. The summed E-state index contributed by atoms with van der Waals surface area (Å²) < 4.78 is 5.05. The van der Waals surface area contributed by atoms with Gasteiger partial charge in [0.25, 0.3) is 5.91 Å². The topological polar surface area (TPSA) is 77.5 Å². The van der Waals surface area contributed by atoms with Crippen LogP contribution in [-0.2, 0) is 22.5 Å². The molecule has 1 fully saturated rings. The molecule has 0 aliphatic carbocycles. The van der Waals surface area contributed by atoms with Crippen LogP contribution in [0.1, 0.15) is 34.0 Å². The maximum atomic E-state index is 12.7. The van der Waals surface area contributed by atoms with Gasteiger partial charge in [-0.2, -0.15) is 5.10 Å². The fourth-order valence-corrected chi connectivity index (χ4v) is 4.20. The lowest BCUT2D eigenvalue weighted by Gasteiger charge is -2.30. The van der Waals surface area contributed by atoms with E-state index in [1.165, 1.54) is 11.1 Å². The number of nitrogens with one attached hydrogen (secondary N) is 1. The van der Waals surface area contributed by atoms with Gasteiger partial charge >= 0.3 is 5.97 Å². The third kappa shape index (κ3) is 6.42. The lowest BCUT2D eigenvalue weighted by atomic mass is 9.99. The molecule has 2 aromatic carbocycles. The van der Waals surface area contributed by atoms with E-state index in [-0.39, 0.29) is 11.9 Å². The molecule has 180 valence electrons. The molecule has 4 rings (SSSR count). The van der Waals surface area contributed by atoms with Gasteiger partial charge in [0.15, 0.2) is 0 Å². The Labute approximate surface area is 201 Å². The number of likely N-dealkylation sites (N-methyl/N-ethyl adjacent to an activating group) is 1. The number of hydrogen-bond acceptors (Lipinski definition) is 7. The van der Waals surface area contributed by atoms with Gasteiger partial charge in [-0.15, -0.1) is 0 Å². The van der Waals surface area contributed by atoms with Gasteiger partial charge in [-0.05, 0) is 61.3 Å². The van der Waals surface area contributed by atoms with Crippen LogP contribution in [0.4, 0.5) is 5.69 Å². The molecular weight excluding hydrogens is 430 g/mol. The van der Waals surface area contributed by atoms with Crippen LogP contribution in [-0.4, -0.2) is 85.8 Å². The van der Waals surface area contributed by atoms with Gasteiger partial charge in [-0.25, -0.2) is 0 Å². The molecule has 0 saturated carbocycles. The van der Waals surface area contributed by atoms with E-state index in [4.69, 9.17) is 4.74 Å². The summed E-state index contributed by atoms with van der Waals surface area (Å²) in [4.78, 5) is 28.9. The number of carbonyl (C=O) groups is 2. The van der Waals surface area contributed by atoms with Gasteiger partial charge in [0.2, 0.25) is 0 Å². The Morgan fingerprint density at radius 2 is 1.79 bits per heavy atom. The highest BCUT2D eigenvalue weighted by atomic mass is 16.5. The highest BCUT2D eigenvalue weighted by molar-refractivity contribution is 6.04. The van der Waals surface area contributed by atoms with Crippen LogP contribution in [0.2, 0.25) is 0 Å². The molecule has 0 radical (unpaired) electrons. The zero-order valence-electron chi connectivity index (χ0n) is 20.0. The van der Waals surface area contributed by atoms with E-state index in [1.807, 2.05) is 55.6 Å².